The van der Waals surface area contributed by atoms with Crippen LogP contribution < -0.4 is 4.90 Å². The Morgan fingerprint density at radius 1 is 0.917 bits per heavy atom. The molecule has 0 saturated carbocycles. The molecule has 3 heterocycles. The first-order chi connectivity index (χ1) is 11.7. The molecule has 6 nitrogen and oxygen atoms in total. The molecule has 24 heavy (non-hydrogen) atoms. The van der Waals surface area contributed by atoms with Gasteiger partial charge in [-0.25, -0.2) is 9.97 Å². The number of piperidine rings is 1. The van der Waals surface area contributed by atoms with Crippen LogP contribution >= 0.6 is 0 Å². The van der Waals surface area contributed by atoms with Crippen molar-refractivity contribution in [1.29, 1.82) is 0 Å². The number of amides is 2. The van der Waals surface area contributed by atoms with E-state index in [1.54, 1.807) is 42.7 Å². The van der Waals surface area contributed by atoms with Crippen molar-refractivity contribution < 1.29 is 9.59 Å². The molecular formula is C18H18N4O2. The first kappa shape index (κ1) is 14.8. The molecule has 2 aromatic rings. The molecule has 1 saturated heterocycles. The Hall–Kier alpha value is -2.76. The molecule has 2 amide bonds. The molecule has 1 aromatic carbocycles. The minimum atomic E-state index is -0.163. The molecule has 1 fully saturated rings. The number of hydrogen-bond acceptors (Lipinski definition) is 5. The second kappa shape index (κ2) is 6.03. The van der Waals surface area contributed by atoms with Crippen LogP contribution in [0.25, 0.3) is 0 Å². The number of rotatable bonds is 3. The Morgan fingerprint density at radius 3 is 2.08 bits per heavy atom. The topological polar surface area (TPSA) is 66.4 Å². The quantitative estimate of drug-likeness (QED) is 0.809. The lowest BCUT2D eigenvalue weighted by Gasteiger charge is -2.33. The van der Waals surface area contributed by atoms with Crippen molar-refractivity contribution >= 4 is 17.8 Å². The van der Waals surface area contributed by atoms with Crippen molar-refractivity contribution in [3.63, 3.8) is 0 Å². The van der Waals surface area contributed by atoms with Gasteiger partial charge in [-0.2, -0.15) is 0 Å². The molecule has 122 valence electrons. The van der Waals surface area contributed by atoms with Crippen molar-refractivity contribution in [3.05, 3.63) is 53.9 Å². The second-order valence-corrected chi connectivity index (χ2v) is 6.25. The molecule has 4 rings (SSSR count). The molecule has 1 aromatic heterocycles. The van der Waals surface area contributed by atoms with Gasteiger partial charge in [0.25, 0.3) is 11.8 Å². The van der Waals surface area contributed by atoms with Crippen LogP contribution in [-0.2, 0) is 0 Å². The largest absolute Gasteiger partial charge is 0.341 e. The van der Waals surface area contributed by atoms with Crippen LogP contribution in [0, 0.1) is 5.92 Å². The zero-order valence-electron chi connectivity index (χ0n) is 13.3. The normalized spacial score (nSPS) is 18.2. The number of aromatic nitrogens is 2. The summed E-state index contributed by atoms with van der Waals surface area (Å²) < 4.78 is 0. The maximum atomic E-state index is 12.4. The molecule has 0 unspecified atom stereocenters. The first-order valence-electron chi connectivity index (χ1n) is 8.21. The summed E-state index contributed by atoms with van der Waals surface area (Å²) in [4.78, 5) is 37.0. The van der Waals surface area contributed by atoms with E-state index in [0.717, 1.165) is 31.9 Å². The van der Waals surface area contributed by atoms with Gasteiger partial charge in [-0.05, 0) is 37.0 Å². The van der Waals surface area contributed by atoms with Crippen LogP contribution in [0.2, 0.25) is 0 Å². The number of carbonyl (C=O) groups is 2. The van der Waals surface area contributed by atoms with Gasteiger partial charge in [0.1, 0.15) is 0 Å². The van der Waals surface area contributed by atoms with E-state index in [1.165, 1.54) is 4.90 Å². The van der Waals surface area contributed by atoms with Gasteiger partial charge in [0.2, 0.25) is 5.95 Å². The highest BCUT2D eigenvalue weighted by atomic mass is 16.2. The Labute approximate surface area is 140 Å². The summed E-state index contributed by atoms with van der Waals surface area (Å²) >= 11 is 0. The predicted octanol–water partition coefficient (Wildman–Crippen LogP) is 1.99. The number of benzene rings is 1. The Kier molecular flexibility index (Phi) is 3.72. The molecule has 2 aliphatic heterocycles. The maximum Gasteiger partial charge on any atom is 0.261 e. The van der Waals surface area contributed by atoms with Gasteiger partial charge in [0.05, 0.1) is 11.1 Å². The van der Waals surface area contributed by atoms with E-state index in [0.29, 0.717) is 23.6 Å². The lowest BCUT2D eigenvalue weighted by molar-refractivity contribution is 0.0621. The maximum absolute atomic E-state index is 12.4. The van der Waals surface area contributed by atoms with Crippen LogP contribution in [0.4, 0.5) is 5.95 Å². The summed E-state index contributed by atoms with van der Waals surface area (Å²) in [7, 11) is 0. The molecule has 0 spiro atoms. The number of nitrogens with zero attached hydrogens (tertiary/aromatic N) is 4. The summed E-state index contributed by atoms with van der Waals surface area (Å²) in [6.45, 7) is 2.19. The van der Waals surface area contributed by atoms with Crippen molar-refractivity contribution in [2.75, 3.05) is 24.5 Å². The Morgan fingerprint density at radius 2 is 1.50 bits per heavy atom. The van der Waals surface area contributed by atoms with E-state index >= 15 is 0 Å². The van der Waals surface area contributed by atoms with Crippen LogP contribution in [0.1, 0.15) is 33.6 Å². The lowest BCUT2D eigenvalue weighted by Crippen LogP contribution is -2.41. The molecular weight excluding hydrogens is 304 g/mol. The third-order valence-corrected chi connectivity index (χ3v) is 4.77. The van der Waals surface area contributed by atoms with Crippen molar-refractivity contribution in [1.82, 2.24) is 14.9 Å². The predicted molar refractivity (Wildman–Crippen MR) is 88.8 cm³/mol. The molecule has 0 radical (unpaired) electrons. The average molecular weight is 322 g/mol. The van der Waals surface area contributed by atoms with Gasteiger partial charge in [-0.15, -0.1) is 0 Å². The smallest absolute Gasteiger partial charge is 0.261 e. The number of hydrogen-bond donors (Lipinski definition) is 0. The number of imide groups is 1. The van der Waals surface area contributed by atoms with Gasteiger partial charge in [-0.3, -0.25) is 14.5 Å². The number of carbonyl (C=O) groups excluding carboxylic acids is 2. The molecule has 0 bridgehead atoms. The zero-order chi connectivity index (χ0) is 16.5. The monoisotopic (exact) mass is 322 g/mol. The van der Waals surface area contributed by atoms with E-state index in [4.69, 9.17) is 0 Å². The van der Waals surface area contributed by atoms with E-state index in [1.807, 2.05) is 0 Å². The summed E-state index contributed by atoms with van der Waals surface area (Å²) in [6, 6.07) is 8.85. The fraction of sp³-hybridized carbons (Fsp3) is 0.333. The van der Waals surface area contributed by atoms with Gasteiger partial charge >= 0.3 is 0 Å². The molecule has 0 aliphatic carbocycles. The van der Waals surface area contributed by atoms with Crippen molar-refractivity contribution in [3.8, 4) is 0 Å². The molecule has 0 N–H and O–H groups in total. The third-order valence-electron chi connectivity index (χ3n) is 4.77. The lowest BCUT2D eigenvalue weighted by atomic mass is 9.96. The summed E-state index contributed by atoms with van der Waals surface area (Å²) in [5.41, 5.74) is 1.05. The SMILES string of the molecule is O=C1c2ccccc2C(=O)N1CC1CCN(c2ncccn2)CC1. The summed E-state index contributed by atoms with van der Waals surface area (Å²) in [6.07, 6.45) is 5.33. The first-order valence-corrected chi connectivity index (χ1v) is 8.21. The van der Waals surface area contributed by atoms with Crippen molar-refractivity contribution in [2.45, 2.75) is 12.8 Å². The van der Waals surface area contributed by atoms with E-state index in [-0.39, 0.29) is 11.8 Å². The van der Waals surface area contributed by atoms with Crippen molar-refractivity contribution in [2.24, 2.45) is 5.92 Å². The van der Waals surface area contributed by atoms with Gasteiger partial charge in [-0.1, -0.05) is 12.1 Å². The van der Waals surface area contributed by atoms with Gasteiger partial charge in [0, 0.05) is 32.0 Å². The van der Waals surface area contributed by atoms with Gasteiger partial charge < -0.3 is 4.90 Å². The minimum Gasteiger partial charge on any atom is -0.341 e. The third kappa shape index (κ3) is 2.54. The molecule has 2 aliphatic rings. The highest BCUT2D eigenvalue weighted by Gasteiger charge is 2.36. The summed E-state index contributed by atoms with van der Waals surface area (Å²) in [5.74, 6) is 0.748. The van der Waals surface area contributed by atoms with Crippen LogP contribution in [-0.4, -0.2) is 46.3 Å². The van der Waals surface area contributed by atoms with E-state index < -0.39 is 0 Å². The Balaban J connectivity index is 1.40. The fourth-order valence-electron chi connectivity index (χ4n) is 3.43. The number of anilines is 1. The average Bonchev–Trinajstić information content (AvgIpc) is 2.88. The molecule has 0 atom stereocenters. The van der Waals surface area contributed by atoms with Gasteiger partial charge in [0.15, 0.2) is 0 Å². The minimum absolute atomic E-state index is 0.163. The summed E-state index contributed by atoms with van der Waals surface area (Å²) in [5, 5.41) is 0. The van der Waals surface area contributed by atoms with Crippen LogP contribution in [0.15, 0.2) is 42.7 Å². The van der Waals surface area contributed by atoms with Crippen LogP contribution in [0.5, 0.6) is 0 Å². The standard InChI is InChI=1S/C18H18N4O2/c23-16-14-4-1-2-5-15(14)17(24)22(16)12-13-6-10-21(11-7-13)18-19-8-3-9-20-18/h1-5,8-9,13H,6-7,10-12H2. The Bertz CT molecular complexity index is 735. The highest BCUT2D eigenvalue weighted by molar-refractivity contribution is 6.21. The van der Waals surface area contributed by atoms with E-state index in [9.17, 15) is 9.59 Å². The fourth-order valence-corrected chi connectivity index (χ4v) is 3.43. The number of fused-ring (bicyclic) bond motifs is 1. The van der Waals surface area contributed by atoms with E-state index in [2.05, 4.69) is 14.9 Å². The molecule has 6 heteroatoms. The highest BCUT2D eigenvalue weighted by Crippen LogP contribution is 2.27. The second-order valence-electron chi connectivity index (χ2n) is 6.25. The van der Waals surface area contributed by atoms with Crippen LogP contribution in [0.3, 0.4) is 0 Å². The zero-order valence-corrected chi connectivity index (χ0v) is 13.3.